The molecule has 0 bridgehead atoms. The Bertz CT molecular complexity index is 1450. The molecule has 3 saturated heterocycles. The van der Waals surface area contributed by atoms with Gasteiger partial charge in [-0.3, -0.25) is 24.0 Å². The molecule has 0 aromatic carbocycles. The summed E-state index contributed by atoms with van der Waals surface area (Å²) in [6.45, 7) is 7.60. The Balaban J connectivity index is 1.22. The van der Waals surface area contributed by atoms with E-state index in [0.29, 0.717) is 44.8 Å². The summed E-state index contributed by atoms with van der Waals surface area (Å²) in [6.07, 6.45) is 15.2. The summed E-state index contributed by atoms with van der Waals surface area (Å²) < 4.78 is 28.9. The SMILES string of the molecule is CCN1CC[C@@H](C2(CC(=O)C[C@H]3CCCCCCCCC[C@@H](C(=O)C(=O)CC4CC4)CC(=O)[C@@H]4[C@@H]5[C@H](CN4C3=O)C5(C)C)CCCCC2)S1(=O)=O. The molecule has 6 aliphatic rings. The van der Waals surface area contributed by atoms with Gasteiger partial charge in [0.15, 0.2) is 11.6 Å². The van der Waals surface area contributed by atoms with Crippen molar-refractivity contribution in [3.8, 4) is 0 Å². The Labute approximate surface area is 306 Å². The maximum Gasteiger partial charge on any atom is 0.226 e. The van der Waals surface area contributed by atoms with Crippen LogP contribution in [0.3, 0.4) is 0 Å². The predicted molar refractivity (Wildman–Crippen MR) is 196 cm³/mol. The normalized spacial score (nSPS) is 34.5. The lowest BCUT2D eigenvalue weighted by molar-refractivity contribution is -0.146. The van der Waals surface area contributed by atoms with Crippen molar-refractivity contribution in [3.63, 3.8) is 0 Å². The van der Waals surface area contributed by atoms with Crippen molar-refractivity contribution in [2.24, 2.45) is 40.4 Å². The second-order valence-corrected chi connectivity index (χ2v) is 20.2. The number of piperidine rings is 1. The van der Waals surface area contributed by atoms with Crippen LogP contribution in [0.25, 0.3) is 0 Å². The zero-order valence-electron chi connectivity index (χ0n) is 31.7. The molecule has 0 spiro atoms. The molecule has 3 aliphatic carbocycles. The van der Waals surface area contributed by atoms with Crippen molar-refractivity contribution >= 4 is 39.1 Å². The fourth-order valence-corrected chi connectivity index (χ4v) is 13.4. The zero-order chi connectivity index (χ0) is 36.6. The Morgan fingerprint density at radius 3 is 2.06 bits per heavy atom. The Hall–Kier alpha value is -1.94. The van der Waals surface area contributed by atoms with E-state index in [-0.39, 0.29) is 66.2 Å². The molecule has 0 unspecified atom stereocenters. The molecule has 10 heteroatoms. The minimum absolute atomic E-state index is 0.000254. The second-order valence-electron chi connectivity index (χ2n) is 18.1. The fraction of sp³-hybridized carbons (Fsp3) is 0.878. The molecule has 0 radical (unpaired) electrons. The van der Waals surface area contributed by atoms with Crippen LogP contribution >= 0.6 is 0 Å². The van der Waals surface area contributed by atoms with E-state index in [2.05, 4.69) is 13.8 Å². The number of rotatable bonds is 10. The molecule has 0 aromatic heterocycles. The molecule has 286 valence electrons. The van der Waals surface area contributed by atoms with Gasteiger partial charge >= 0.3 is 0 Å². The highest BCUT2D eigenvalue weighted by atomic mass is 32.2. The van der Waals surface area contributed by atoms with Gasteiger partial charge in [-0.1, -0.05) is 85.0 Å². The molecule has 0 aromatic rings. The number of nitrogens with zero attached hydrogens (tertiary/aromatic N) is 2. The molecule has 6 atom stereocenters. The third-order valence-corrected chi connectivity index (χ3v) is 16.9. The smallest absolute Gasteiger partial charge is 0.226 e. The largest absolute Gasteiger partial charge is 0.332 e. The molecule has 6 rings (SSSR count). The van der Waals surface area contributed by atoms with Gasteiger partial charge in [0.2, 0.25) is 21.7 Å². The van der Waals surface area contributed by atoms with E-state index in [4.69, 9.17) is 0 Å². The van der Waals surface area contributed by atoms with Gasteiger partial charge in [0.05, 0.1) is 11.3 Å². The van der Waals surface area contributed by atoms with Crippen molar-refractivity contribution < 1.29 is 32.4 Å². The number of amides is 1. The minimum atomic E-state index is -3.49. The number of carbonyl (C=O) groups is 5. The number of fused-ring (bicyclic) bond motifs is 3. The minimum Gasteiger partial charge on any atom is -0.332 e. The first kappa shape index (κ1) is 38.8. The van der Waals surface area contributed by atoms with Gasteiger partial charge in [-0.15, -0.1) is 0 Å². The second kappa shape index (κ2) is 15.8. The van der Waals surface area contributed by atoms with E-state index in [1.54, 1.807) is 9.21 Å². The van der Waals surface area contributed by atoms with Crippen LogP contribution in [0.4, 0.5) is 0 Å². The van der Waals surface area contributed by atoms with Crippen molar-refractivity contribution in [2.75, 3.05) is 19.6 Å². The standard InChI is InChI=1S/C41H64N2O7S/c1-4-42-22-19-35(51(42,49)50)41(20-13-10-14-21-41)26-31(44)24-30-16-12-9-7-5-6-8-11-15-29(38(47)34(46)23-28-17-18-28)25-33(45)37-36-32(40(36,2)3)27-43(37)39(30)48/h28-30,32,35-37H,4-27H2,1-3H3/t29-,30-,32+,35+,36+,37-/m1/s1. The highest BCUT2D eigenvalue weighted by Crippen LogP contribution is 2.65. The maximum absolute atomic E-state index is 14.6. The van der Waals surface area contributed by atoms with Gasteiger partial charge < -0.3 is 4.90 Å². The van der Waals surface area contributed by atoms with Gasteiger partial charge in [0.25, 0.3) is 0 Å². The third-order valence-electron chi connectivity index (χ3n) is 14.3. The zero-order valence-corrected chi connectivity index (χ0v) is 32.5. The average molecular weight is 729 g/mol. The number of ketones is 4. The summed E-state index contributed by atoms with van der Waals surface area (Å²) in [6, 6.07) is -0.634. The van der Waals surface area contributed by atoms with Crippen LogP contribution in [0.15, 0.2) is 0 Å². The quantitative estimate of drug-likeness (QED) is 0.225. The Morgan fingerprint density at radius 2 is 1.43 bits per heavy atom. The van der Waals surface area contributed by atoms with Gasteiger partial charge in [-0.2, -0.15) is 0 Å². The summed E-state index contributed by atoms with van der Waals surface area (Å²) in [5.41, 5.74) is -0.674. The number of hydrogen-bond donors (Lipinski definition) is 0. The van der Waals surface area contributed by atoms with E-state index in [9.17, 15) is 32.4 Å². The molecule has 51 heavy (non-hydrogen) atoms. The van der Waals surface area contributed by atoms with E-state index in [1.165, 1.54) is 0 Å². The van der Waals surface area contributed by atoms with E-state index >= 15 is 0 Å². The summed E-state index contributed by atoms with van der Waals surface area (Å²) >= 11 is 0. The fourth-order valence-electron chi connectivity index (χ4n) is 11.0. The summed E-state index contributed by atoms with van der Waals surface area (Å²) in [4.78, 5) is 71.4. The van der Waals surface area contributed by atoms with E-state index in [0.717, 1.165) is 89.9 Å². The molecule has 3 aliphatic heterocycles. The lowest BCUT2D eigenvalue weighted by Crippen LogP contribution is -2.49. The predicted octanol–water partition coefficient (Wildman–Crippen LogP) is 6.85. The van der Waals surface area contributed by atoms with Gasteiger partial charge in [-0.25, -0.2) is 12.7 Å². The lowest BCUT2D eigenvalue weighted by Gasteiger charge is -2.41. The average Bonchev–Trinajstić information content (AvgIpc) is 3.88. The molecular weight excluding hydrogens is 665 g/mol. The van der Waals surface area contributed by atoms with Crippen LogP contribution in [-0.4, -0.2) is 77.6 Å². The number of hydrogen-bond acceptors (Lipinski definition) is 7. The summed E-state index contributed by atoms with van der Waals surface area (Å²) in [5, 5.41) is -0.552. The van der Waals surface area contributed by atoms with Crippen LogP contribution in [-0.2, 0) is 34.0 Å². The van der Waals surface area contributed by atoms with Gasteiger partial charge in [-0.05, 0) is 73.5 Å². The third kappa shape index (κ3) is 8.27. The number of sulfonamides is 1. The highest BCUT2D eigenvalue weighted by Gasteiger charge is 2.69. The number of Topliss-reactive ketones (excluding diaryl/α,β-unsaturated/α-hetero) is 4. The molecule has 3 saturated carbocycles. The van der Waals surface area contributed by atoms with Crippen molar-refractivity contribution in [3.05, 3.63) is 0 Å². The van der Waals surface area contributed by atoms with Crippen LogP contribution < -0.4 is 0 Å². The van der Waals surface area contributed by atoms with Crippen LogP contribution in [0, 0.1) is 40.4 Å². The summed E-state index contributed by atoms with van der Waals surface area (Å²) in [5.74, 6) is -1.66. The highest BCUT2D eigenvalue weighted by molar-refractivity contribution is 7.90. The van der Waals surface area contributed by atoms with E-state index in [1.807, 2.05) is 6.92 Å². The maximum atomic E-state index is 14.6. The first-order valence-electron chi connectivity index (χ1n) is 20.7. The molecule has 0 N–H and O–H groups in total. The van der Waals surface area contributed by atoms with Crippen LogP contribution in [0.1, 0.15) is 156 Å². The van der Waals surface area contributed by atoms with E-state index < -0.39 is 44.3 Å². The van der Waals surface area contributed by atoms with Crippen LogP contribution in [0.2, 0.25) is 0 Å². The topological polar surface area (TPSA) is 126 Å². The molecule has 6 fully saturated rings. The van der Waals surface area contributed by atoms with Crippen molar-refractivity contribution in [2.45, 2.75) is 167 Å². The Kier molecular flexibility index (Phi) is 12.0. The first-order chi connectivity index (χ1) is 24.3. The lowest BCUT2D eigenvalue weighted by atomic mass is 9.67. The van der Waals surface area contributed by atoms with Crippen molar-refractivity contribution in [1.82, 2.24) is 9.21 Å². The molecular formula is C41H64N2O7S. The molecule has 1 amide bonds. The Morgan fingerprint density at radius 1 is 0.804 bits per heavy atom. The van der Waals surface area contributed by atoms with Gasteiger partial charge in [0, 0.05) is 57.2 Å². The number of carbonyl (C=O) groups excluding carboxylic acids is 5. The van der Waals surface area contributed by atoms with Gasteiger partial charge in [0.1, 0.15) is 5.78 Å². The van der Waals surface area contributed by atoms with Crippen molar-refractivity contribution in [1.29, 1.82) is 0 Å². The monoisotopic (exact) mass is 728 g/mol. The first-order valence-corrected chi connectivity index (χ1v) is 22.2. The van der Waals surface area contributed by atoms with Crippen LogP contribution in [0.5, 0.6) is 0 Å². The molecule has 9 nitrogen and oxygen atoms in total. The summed E-state index contributed by atoms with van der Waals surface area (Å²) in [7, 11) is -3.49. The molecule has 3 heterocycles.